The molecular formula is C24H17ClF3N7O. The Bertz CT molecular complexity index is 1550. The second-order valence-corrected chi connectivity index (χ2v) is 8.40. The number of benzene rings is 2. The molecule has 0 bridgehead atoms. The molecule has 36 heavy (non-hydrogen) atoms. The van der Waals surface area contributed by atoms with E-state index in [2.05, 4.69) is 25.5 Å². The second kappa shape index (κ2) is 9.42. The van der Waals surface area contributed by atoms with Crippen LogP contribution in [0.2, 0.25) is 5.02 Å². The van der Waals surface area contributed by atoms with Gasteiger partial charge in [-0.1, -0.05) is 41.9 Å². The molecule has 0 amide bonds. The minimum Gasteiger partial charge on any atom is -0.337 e. The first-order valence-electron chi connectivity index (χ1n) is 10.7. The fourth-order valence-electron chi connectivity index (χ4n) is 3.94. The fourth-order valence-corrected chi connectivity index (χ4v) is 4.11. The molecule has 0 fully saturated rings. The van der Waals surface area contributed by atoms with Crippen molar-refractivity contribution >= 4 is 11.6 Å². The first-order chi connectivity index (χ1) is 17.3. The van der Waals surface area contributed by atoms with Gasteiger partial charge in [-0.2, -0.15) is 17.9 Å². The quantitative estimate of drug-likeness (QED) is 0.356. The van der Waals surface area contributed by atoms with Crippen LogP contribution in [0.4, 0.5) is 13.2 Å². The van der Waals surface area contributed by atoms with Gasteiger partial charge in [-0.05, 0) is 45.8 Å². The van der Waals surface area contributed by atoms with E-state index < -0.39 is 23.5 Å². The summed E-state index contributed by atoms with van der Waals surface area (Å²) in [5.41, 5.74) is 1.17. The van der Waals surface area contributed by atoms with Crippen molar-refractivity contribution in [2.24, 2.45) is 0 Å². The summed E-state index contributed by atoms with van der Waals surface area (Å²) in [6.45, 7) is 0. The molecule has 0 aliphatic heterocycles. The molecule has 0 aliphatic rings. The average Bonchev–Trinajstić information content (AvgIpc) is 3.56. The zero-order chi connectivity index (χ0) is 25.3. The van der Waals surface area contributed by atoms with Gasteiger partial charge in [0.05, 0.1) is 17.9 Å². The van der Waals surface area contributed by atoms with Crippen molar-refractivity contribution in [1.82, 2.24) is 34.7 Å². The monoisotopic (exact) mass is 511 g/mol. The number of hydrogen-bond acceptors (Lipinski definition) is 5. The summed E-state index contributed by atoms with van der Waals surface area (Å²) < 4.78 is 42.5. The van der Waals surface area contributed by atoms with Crippen LogP contribution in [0.1, 0.15) is 23.1 Å². The number of rotatable bonds is 6. The van der Waals surface area contributed by atoms with Crippen LogP contribution in [0.5, 0.6) is 0 Å². The number of alkyl halides is 3. The summed E-state index contributed by atoms with van der Waals surface area (Å²) in [6, 6.07) is 16.5. The minimum absolute atomic E-state index is 0.0261. The molecule has 0 spiro atoms. The van der Waals surface area contributed by atoms with Gasteiger partial charge in [0.2, 0.25) is 0 Å². The van der Waals surface area contributed by atoms with Crippen molar-refractivity contribution < 1.29 is 13.2 Å². The van der Waals surface area contributed by atoms with E-state index in [0.29, 0.717) is 21.8 Å². The highest BCUT2D eigenvalue weighted by Gasteiger charge is 2.34. The topological polar surface area (TPSA) is 94.3 Å². The maximum absolute atomic E-state index is 13.3. The number of nitrogens with zero attached hydrogens (tertiary/aromatic N) is 6. The van der Waals surface area contributed by atoms with Crippen LogP contribution in [-0.2, 0) is 12.6 Å². The Morgan fingerprint density at radius 2 is 1.86 bits per heavy atom. The summed E-state index contributed by atoms with van der Waals surface area (Å²) in [6.07, 6.45) is -0.657. The largest absolute Gasteiger partial charge is 0.432 e. The van der Waals surface area contributed by atoms with E-state index in [9.17, 15) is 18.0 Å². The Labute approximate surface area is 207 Å². The average molecular weight is 512 g/mol. The lowest BCUT2D eigenvalue weighted by Crippen LogP contribution is -2.27. The van der Waals surface area contributed by atoms with Crippen molar-refractivity contribution in [2.75, 3.05) is 0 Å². The third-order valence-corrected chi connectivity index (χ3v) is 5.87. The van der Waals surface area contributed by atoms with Crippen molar-refractivity contribution in [3.8, 4) is 16.8 Å². The number of imidazole rings is 1. The van der Waals surface area contributed by atoms with Crippen LogP contribution in [-0.4, -0.2) is 34.7 Å². The molecule has 1 atom stereocenters. The van der Waals surface area contributed by atoms with E-state index in [0.717, 1.165) is 11.8 Å². The first-order valence-corrected chi connectivity index (χ1v) is 11.1. The number of aromatic amines is 1. The SMILES string of the molecule is O=c1cc(-c2cc(Cl)ccc2-n2cnnn2)ccn1C(Cc1ccccc1)c1ncc(C(F)(F)F)[nH]1. The maximum atomic E-state index is 13.3. The van der Waals surface area contributed by atoms with E-state index in [4.69, 9.17) is 11.6 Å². The molecule has 0 saturated carbocycles. The van der Waals surface area contributed by atoms with E-state index in [1.54, 1.807) is 24.3 Å². The Hall–Kier alpha value is -4.25. The highest BCUT2D eigenvalue weighted by atomic mass is 35.5. The summed E-state index contributed by atoms with van der Waals surface area (Å²) in [4.78, 5) is 19.6. The Kier molecular flexibility index (Phi) is 6.15. The molecule has 5 aromatic rings. The predicted octanol–water partition coefficient (Wildman–Crippen LogP) is 4.72. The van der Waals surface area contributed by atoms with E-state index in [1.807, 2.05) is 30.3 Å². The summed E-state index contributed by atoms with van der Waals surface area (Å²) in [7, 11) is 0. The zero-order valence-corrected chi connectivity index (χ0v) is 19.1. The van der Waals surface area contributed by atoms with E-state index in [-0.39, 0.29) is 12.2 Å². The number of tetrazole rings is 1. The minimum atomic E-state index is -4.59. The molecule has 12 heteroatoms. The van der Waals surface area contributed by atoms with Crippen LogP contribution in [0, 0.1) is 0 Å². The molecule has 3 heterocycles. The van der Waals surface area contributed by atoms with Gasteiger partial charge in [-0.3, -0.25) is 4.79 Å². The maximum Gasteiger partial charge on any atom is 0.432 e. The van der Waals surface area contributed by atoms with Crippen molar-refractivity contribution in [2.45, 2.75) is 18.6 Å². The van der Waals surface area contributed by atoms with E-state index in [1.165, 1.54) is 27.8 Å². The predicted molar refractivity (Wildman–Crippen MR) is 126 cm³/mol. The Morgan fingerprint density at radius 3 is 2.53 bits per heavy atom. The fraction of sp³-hybridized carbons (Fsp3) is 0.125. The van der Waals surface area contributed by atoms with Crippen molar-refractivity contribution in [3.05, 3.63) is 112 Å². The smallest absolute Gasteiger partial charge is 0.337 e. The standard InChI is InChI=1S/C24H17ClF3N7O/c25-17-6-7-19(35-14-30-32-33-35)18(12-17)16-8-9-34(22(36)11-16)20(10-15-4-2-1-3-5-15)23-29-13-21(31-23)24(26,27)28/h1-9,11-14,20H,10H2,(H,29,31). The number of H-pyrrole nitrogens is 1. The third kappa shape index (κ3) is 4.78. The van der Waals surface area contributed by atoms with Crippen LogP contribution in [0.25, 0.3) is 16.8 Å². The molecule has 1 unspecified atom stereocenters. The number of halogens is 4. The molecule has 0 radical (unpaired) electrons. The van der Waals surface area contributed by atoms with Gasteiger partial charge in [0.25, 0.3) is 5.56 Å². The Morgan fingerprint density at radius 1 is 1.06 bits per heavy atom. The molecule has 1 N–H and O–H groups in total. The lowest BCUT2D eigenvalue weighted by atomic mass is 10.0. The summed E-state index contributed by atoms with van der Waals surface area (Å²) in [5, 5.41) is 11.6. The molecule has 0 aliphatic carbocycles. The van der Waals surface area contributed by atoms with Gasteiger partial charge in [0, 0.05) is 29.3 Å². The molecule has 5 rings (SSSR count). The number of pyridine rings is 1. The van der Waals surface area contributed by atoms with Crippen molar-refractivity contribution in [3.63, 3.8) is 0 Å². The van der Waals surface area contributed by atoms with Crippen LogP contribution in [0.15, 0.2) is 84.2 Å². The van der Waals surface area contributed by atoms with Gasteiger partial charge >= 0.3 is 6.18 Å². The highest BCUT2D eigenvalue weighted by molar-refractivity contribution is 6.31. The van der Waals surface area contributed by atoms with Crippen LogP contribution in [0.3, 0.4) is 0 Å². The molecule has 3 aromatic heterocycles. The van der Waals surface area contributed by atoms with E-state index >= 15 is 0 Å². The van der Waals surface area contributed by atoms with Gasteiger partial charge in [-0.15, -0.1) is 5.10 Å². The molecule has 182 valence electrons. The second-order valence-electron chi connectivity index (χ2n) is 7.96. The van der Waals surface area contributed by atoms with Gasteiger partial charge in [-0.25, -0.2) is 4.98 Å². The molecular weight excluding hydrogens is 495 g/mol. The molecule has 8 nitrogen and oxygen atoms in total. The summed E-state index contributed by atoms with van der Waals surface area (Å²) >= 11 is 6.21. The lowest BCUT2D eigenvalue weighted by Gasteiger charge is -2.19. The van der Waals surface area contributed by atoms with Crippen LogP contribution < -0.4 is 5.56 Å². The number of nitrogens with one attached hydrogen (secondary N) is 1. The van der Waals surface area contributed by atoms with Gasteiger partial charge in [0.15, 0.2) is 0 Å². The Balaban J connectivity index is 1.58. The lowest BCUT2D eigenvalue weighted by molar-refractivity contribution is -0.141. The summed E-state index contributed by atoms with van der Waals surface area (Å²) in [5.74, 6) is 0.0261. The number of aromatic nitrogens is 7. The highest BCUT2D eigenvalue weighted by Crippen LogP contribution is 2.31. The van der Waals surface area contributed by atoms with Gasteiger partial charge < -0.3 is 9.55 Å². The number of hydrogen-bond donors (Lipinski definition) is 1. The van der Waals surface area contributed by atoms with Crippen LogP contribution >= 0.6 is 11.6 Å². The molecule has 0 saturated heterocycles. The first kappa shape index (κ1) is 23.5. The molecule has 2 aromatic carbocycles. The third-order valence-electron chi connectivity index (χ3n) is 5.64. The zero-order valence-electron chi connectivity index (χ0n) is 18.4. The van der Waals surface area contributed by atoms with Gasteiger partial charge in [0.1, 0.15) is 17.8 Å². The normalized spacial score (nSPS) is 12.6. The van der Waals surface area contributed by atoms with Crippen molar-refractivity contribution in [1.29, 1.82) is 0 Å².